The van der Waals surface area contributed by atoms with E-state index in [4.69, 9.17) is 11.6 Å². The summed E-state index contributed by atoms with van der Waals surface area (Å²) in [6.07, 6.45) is 1.55. The van der Waals surface area contributed by atoms with Gasteiger partial charge in [0, 0.05) is 39.5 Å². The zero-order valence-corrected chi connectivity index (χ0v) is 24.1. The van der Waals surface area contributed by atoms with Crippen LogP contribution in [0.5, 0.6) is 0 Å². The number of hydrogen-bond acceptors (Lipinski definition) is 5. The monoisotopic (exact) mass is 598 g/mol. The van der Waals surface area contributed by atoms with E-state index in [2.05, 4.69) is 21.3 Å². The Balaban J connectivity index is 1.36. The van der Waals surface area contributed by atoms with Gasteiger partial charge in [-0.15, -0.1) is 11.8 Å². The lowest BCUT2D eigenvalue weighted by atomic mass is 10.1. The van der Waals surface area contributed by atoms with Gasteiger partial charge in [0.05, 0.1) is 5.75 Å². The number of halogens is 1. The molecule has 4 amide bonds. The molecule has 4 aromatic carbocycles. The van der Waals surface area contributed by atoms with E-state index in [1.165, 1.54) is 18.7 Å². The Morgan fingerprint density at radius 1 is 0.738 bits per heavy atom. The van der Waals surface area contributed by atoms with Crippen LogP contribution in [0.15, 0.2) is 114 Å². The predicted octanol–water partition coefficient (Wildman–Crippen LogP) is 6.44. The average molecular weight is 599 g/mol. The fourth-order valence-electron chi connectivity index (χ4n) is 3.72. The van der Waals surface area contributed by atoms with E-state index in [1.807, 2.05) is 0 Å². The van der Waals surface area contributed by atoms with Crippen molar-refractivity contribution in [3.63, 3.8) is 0 Å². The van der Waals surface area contributed by atoms with E-state index >= 15 is 0 Å². The molecule has 4 aromatic rings. The van der Waals surface area contributed by atoms with Gasteiger partial charge in [0.1, 0.15) is 5.70 Å². The van der Waals surface area contributed by atoms with E-state index in [0.717, 1.165) is 4.90 Å². The normalized spacial score (nSPS) is 10.9. The molecule has 0 aliphatic carbocycles. The molecule has 0 aliphatic rings. The summed E-state index contributed by atoms with van der Waals surface area (Å²) in [4.78, 5) is 50.4. The average Bonchev–Trinajstić information content (AvgIpc) is 2.97. The number of benzene rings is 4. The zero-order chi connectivity index (χ0) is 29.9. The molecule has 42 heavy (non-hydrogen) atoms. The summed E-state index contributed by atoms with van der Waals surface area (Å²) in [5.74, 6) is -1.11. The third-order valence-corrected chi connectivity index (χ3v) is 6.91. The smallest absolute Gasteiger partial charge is 0.272 e. The van der Waals surface area contributed by atoms with E-state index in [1.54, 1.807) is 109 Å². The number of nitrogens with one attached hydrogen (secondary N) is 4. The molecule has 0 bridgehead atoms. The van der Waals surface area contributed by atoms with Gasteiger partial charge < -0.3 is 21.3 Å². The highest BCUT2D eigenvalue weighted by Gasteiger charge is 2.15. The van der Waals surface area contributed by atoms with Crippen LogP contribution in [0.25, 0.3) is 6.08 Å². The van der Waals surface area contributed by atoms with Crippen LogP contribution in [0, 0.1) is 0 Å². The molecular weight excluding hydrogens is 572 g/mol. The van der Waals surface area contributed by atoms with Gasteiger partial charge in [-0.05, 0) is 84.4 Å². The maximum Gasteiger partial charge on any atom is 0.272 e. The summed E-state index contributed by atoms with van der Waals surface area (Å²) in [7, 11) is 0. The van der Waals surface area contributed by atoms with Gasteiger partial charge in [-0.2, -0.15) is 0 Å². The Morgan fingerprint density at radius 3 is 2.00 bits per heavy atom. The molecule has 8 nitrogen and oxygen atoms in total. The molecule has 212 valence electrons. The number of rotatable bonds is 10. The van der Waals surface area contributed by atoms with Crippen molar-refractivity contribution in [3.05, 3.63) is 125 Å². The molecule has 0 radical (unpaired) electrons. The topological polar surface area (TPSA) is 116 Å². The molecule has 0 fully saturated rings. The standard InChI is InChI=1S/C32H27ClN4O4S/c1-21(38)34-25-10-12-26(13-11-25)35-30(39)20-42-28-16-14-27(15-17-28)36-32(41)29(19-22-6-5-9-24(33)18-22)37-31(40)23-7-3-2-4-8-23/h2-19H,20H2,1H3,(H,34,38)(H,35,39)(H,36,41)(H,37,40)/b29-19-. The quantitative estimate of drug-likeness (QED) is 0.124. The van der Waals surface area contributed by atoms with Crippen LogP contribution in [0.4, 0.5) is 17.1 Å². The van der Waals surface area contributed by atoms with Crippen molar-refractivity contribution in [2.75, 3.05) is 21.7 Å². The summed E-state index contributed by atoms with van der Waals surface area (Å²) >= 11 is 7.44. The number of hydrogen-bond donors (Lipinski definition) is 4. The summed E-state index contributed by atoms with van der Waals surface area (Å²) in [5, 5.41) is 11.5. The SMILES string of the molecule is CC(=O)Nc1ccc(NC(=O)CSc2ccc(NC(=O)/C(=C/c3cccc(Cl)c3)NC(=O)c3ccccc3)cc2)cc1. The van der Waals surface area contributed by atoms with Crippen LogP contribution in [0.3, 0.4) is 0 Å². The van der Waals surface area contributed by atoms with E-state index < -0.39 is 11.8 Å². The first-order valence-electron chi connectivity index (χ1n) is 12.8. The van der Waals surface area contributed by atoms with Gasteiger partial charge in [-0.3, -0.25) is 19.2 Å². The van der Waals surface area contributed by atoms with Crippen LogP contribution < -0.4 is 21.3 Å². The van der Waals surface area contributed by atoms with Gasteiger partial charge in [-0.25, -0.2) is 0 Å². The summed E-state index contributed by atoms with van der Waals surface area (Å²) < 4.78 is 0. The Bertz CT molecular complexity index is 1610. The van der Waals surface area contributed by atoms with Crippen LogP contribution >= 0.6 is 23.4 Å². The van der Waals surface area contributed by atoms with Crippen molar-refractivity contribution < 1.29 is 19.2 Å². The Labute approximate surface area is 252 Å². The summed E-state index contributed by atoms with van der Waals surface area (Å²) in [6, 6.07) is 29.4. The molecule has 0 heterocycles. The van der Waals surface area contributed by atoms with Gasteiger partial charge in [-0.1, -0.05) is 41.9 Å². The van der Waals surface area contributed by atoms with Gasteiger partial charge >= 0.3 is 0 Å². The molecule has 0 spiro atoms. The minimum atomic E-state index is -0.511. The first-order chi connectivity index (χ1) is 20.2. The first-order valence-corrected chi connectivity index (χ1v) is 14.2. The summed E-state index contributed by atoms with van der Waals surface area (Å²) in [5.41, 5.74) is 2.89. The molecule has 0 aliphatic heterocycles. The molecule has 0 atom stereocenters. The highest BCUT2D eigenvalue weighted by atomic mass is 35.5. The van der Waals surface area contributed by atoms with Crippen LogP contribution in [0.2, 0.25) is 5.02 Å². The molecule has 0 saturated heterocycles. The number of thioether (sulfide) groups is 1. The molecular formula is C32H27ClN4O4S. The first kappa shape index (κ1) is 30.1. The third kappa shape index (κ3) is 9.36. The maximum atomic E-state index is 13.2. The number of anilines is 3. The molecule has 4 rings (SSSR count). The zero-order valence-electron chi connectivity index (χ0n) is 22.5. The largest absolute Gasteiger partial charge is 0.326 e. The molecule has 10 heteroatoms. The lowest BCUT2D eigenvalue weighted by Gasteiger charge is -2.12. The molecule has 0 unspecified atom stereocenters. The van der Waals surface area contributed by atoms with Crippen LogP contribution in [-0.2, 0) is 14.4 Å². The lowest BCUT2D eigenvalue weighted by molar-refractivity contribution is -0.114. The van der Waals surface area contributed by atoms with Crippen molar-refractivity contribution >= 4 is 70.1 Å². The third-order valence-electron chi connectivity index (χ3n) is 5.66. The van der Waals surface area contributed by atoms with Gasteiger partial charge in [0.2, 0.25) is 11.8 Å². The minimum absolute atomic E-state index is 0.0475. The summed E-state index contributed by atoms with van der Waals surface area (Å²) in [6.45, 7) is 1.43. The maximum absolute atomic E-state index is 13.2. The molecule has 0 saturated carbocycles. The van der Waals surface area contributed by atoms with Gasteiger partial charge in [0.15, 0.2) is 0 Å². The van der Waals surface area contributed by atoms with E-state index in [-0.39, 0.29) is 23.3 Å². The van der Waals surface area contributed by atoms with E-state index in [0.29, 0.717) is 33.2 Å². The molecule has 0 aromatic heterocycles. The Kier molecular flexibility index (Phi) is 10.5. The van der Waals surface area contributed by atoms with Crippen molar-refractivity contribution in [3.8, 4) is 0 Å². The number of carbonyl (C=O) groups excluding carboxylic acids is 4. The minimum Gasteiger partial charge on any atom is -0.326 e. The second-order valence-electron chi connectivity index (χ2n) is 9.01. The van der Waals surface area contributed by atoms with E-state index in [9.17, 15) is 19.2 Å². The second-order valence-corrected chi connectivity index (χ2v) is 10.5. The van der Waals surface area contributed by atoms with Crippen LogP contribution in [0.1, 0.15) is 22.8 Å². The Morgan fingerprint density at radius 2 is 1.36 bits per heavy atom. The van der Waals surface area contributed by atoms with Crippen molar-refractivity contribution in [2.24, 2.45) is 0 Å². The fraction of sp³-hybridized carbons (Fsp3) is 0.0625. The molecule has 4 N–H and O–H groups in total. The van der Waals surface area contributed by atoms with Crippen molar-refractivity contribution in [1.29, 1.82) is 0 Å². The van der Waals surface area contributed by atoms with Crippen molar-refractivity contribution in [2.45, 2.75) is 11.8 Å². The number of amides is 4. The van der Waals surface area contributed by atoms with Crippen molar-refractivity contribution in [1.82, 2.24) is 5.32 Å². The highest BCUT2D eigenvalue weighted by Crippen LogP contribution is 2.22. The Hall–Kier alpha value is -4.86. The second kappa shape index (κ2) is 14.7. The lowest BCUT2D eigenvalue weighted by Crippen LogP contribution is -2.30. The fourth-order valence-corrected chi connectivity index (χ4v) is 4.62. The van der Waals surface area contributed by atoms with Gasteiger partial charge in [0.25, 0.3) is 11.8 Å². The number of carbonyl (C=O) groups is 4. The predicted molar refractivity (Wildman–Crippen MR) is 169 cm³/mol. The van der Waals surface area contributed by atoms with Crippen LogP contribution in [-0.4, -0.2) is 29.4 Å². The highest BCUT2D eigenvalue weighted by molar-refractivity contribution is 8.00.